The van der Waals surface area contributed by atoms with Gasteiger partial charge in [-0.15, -0.1) is 0 Å². The molecule has 2 aromatic rings. The largest absolute Gasteiger partial charge is 0.345 e. The Balaban J connectivity index is 1.82. The normalized spacial score (nSPS) is 18.9. The minimum atomic E-state index is 0.247. The van der Waals surface area contributed by atoms with Gasteiger partial charge in [-0.3, -0.25) is 4.79 Å². The quantitative estimate of drug-likeness (QED) is 0.802. The van der Waals surface area contributed by atoms with Gasteiger partial charge >= 0.3 is 0 Å². The van der Waals surface area contributed by atoms with Crippen LogP contribution in [0.3, 0.4) is 0 Å². The molecule has 2 heteroatoms. The maximum atomic E-state index is 11.6. The molecule has 0 saturated carbocycles. The zero-order valence-corrected chi connectivity index (χ0v) is 11.0. The Labute approximate surface area is 113 Å². The van der Waals surface area contributed by atoms with Gasteiger partial charge in [-0.25, -0.2) is 0 Å². The third kappa shape index (κ3) is 2.39. The Hall–Kier alpha value is -2.09. The van der Waals surface area contributed by atoms with Gasteiger partial charge in [-0.2, -0.15) is 0 Å². The first-order chi connectivity index (χ1) is 9.24. The summed E-state index contributed by atoms with van der Waals surface area (Å²) in [6.07, 6.45) is 0.640. The van der Waals surface area contributed by atoms with Crippen molar-refractivity contribution in [1.29, 1.82) is 0 Å². The highest BCUT2D eigenvalue weighted by Crippen LogP contribution is 2.29. The number of hydrogen-bond acceptors (Lipinski definition) is 1. The van der Waals surface area contributed by atoms with Crippen molar-refractivity contribution in [3.05, 3.63) is 60.2 Å². The van der Waals surface area contributed by atoms with Crippen LogP contribution < -0.4 is 0 Å². The molecule has 19 heavy (non-hydrogen) atoms. The van der Waals surface area contributed by atoms with E-state index < -0.39 is 0 Å². The van der Waals surface area contributed by atoms with Crippen LogP contribution in [0, 0.1) is 0 Å². The van der Waals surface area contributed by atoms with Gasteiger partial charge in [-0.1, -0.05) is 54.6 Å². The summed E-state index contributed by atoms with van der Waals surface area (Å²) < 4.78 is 0. The molecule has 0 radical (unpaired) electrons. The first kappa shape index (κ1) is 12.0. The van der Waals surface area contributed by atoms with E-state index in [-0.39, 0.29) is 5.91 Å². The summed E-state index contributed by atoms with van der Waals surface area (Å²) in [6.45, 7) is 0.837. The number of benzene rings is 2. The molecule has 1 atom stereocenters. The Bertz CT molecular complexity index is 574. The number of nitrogens with zero attached hydrogens (tertiary/aromatic N) is 1. The van der Waals surface area contributed by atoms with E-state index in [1.165, 1.54) is 16.7 Å². The topological polar surface area (TPSA) is 20.3 Å². The van der Waals surface area contributed by atoms with Crippen LogP contribution in [0.2, 0.25) is 0 Å². The van der Waals surface area contributed by atoms with Crippen LogP contribution in [0.1, 0.15) is 17.9 Å². The molecule has 0 N–H and O–H groups in total. The maximum absolute atomic E-state index is 11.6. The van der Waals surface area contributed by atoms with E-state index in [0.717, 1.165) is 6.54 Å². The number of likely N-dealkylation sites (N-methyl/N-ethyl adjacent to an activating group) is 1. The number of carbonyl (C=O) groups excluding carboxylic acids is 1. The summed E-state index contributed by atoms with van der Waals surface area (Å²) in [4.78, 5) is 13.4. The Morgan fingerprint density at radius 2 is 1.58 bits per heavy atom. The lowest BCUT2D eigenvalue weighted by molar-refractivity contribution is -0.126. The fourth-order valence-corrected chi connectivity index (χ4v) is 2.67. The zero-order valence-electron chi connectivity index (χ0n) is 11.0. The molecule has 0 bridgehead atoms. The first-order valence-corrected chi connectivity index (χ1v) is 6.63. The van der Waals surface area contributed by atoms with Gasteiger partial charge < -0.3 is 4.90 Å². The monoisotopic (exact) mass is 251 g/mol. The van der Waals surface area contributed by atoms with Gasteiger partial charge in [0.1, 0.15) is 0 Å². The molecule has 1 saturated heterocycles. The predicted molar refractivity (Wildman–Crippen MR) is 76.9 cm³/mol. The lowest BCUT2D eigenvalue weighted by Gasteiger charge is -2.11. The van der Waals surface area contributed by atoms with Crippen LogP contribution in [0.25, 0.3) is 11.1 Å². The molecule has 1 aliphatic rings. The van der Waals surface area contributed by atoms with Gasteiger partial charge in [0, 0.05) is 25.9 Å². The maximum Gasteiger partial charge on any atom is 0.223 e. The van der Waals surface area contributed by atoms with Crippen LogP contribution >= 0.6 is 0 Å². The van der Waals surface area contributed by atoms with E-state index in [1.54, 1.807) is 0 Å². The summed E-state index contributed by atoms with van der Waals surface area (Å²) in [5.74, 6) is 0.597. The lowest BCUT2D eigenvalue weighted by Crippen LogP contribution is -2.18. The number of amides is 1. The SMILES string of the molecule is CN1CC(c2ccc(-c3ccccc3)cc2)CC1=O. The Morgan fingerprint density at radius 3 is 2.16 bits per heavy atom. The van der Waals surface area contributed by atoms with Gasteiger partial charge in [0.05, 0.1) is 0 Å². The van der Waals surface area contributed by atoms with Crippen molar-refractivity contribution in [1.82, 2.24) is 4.90 Å². The first-order valence-electron chi connectivity index (χ1n) is 6.63. The minimum Gasteiger partial charge on any atom is -0.345 e. The van der Waals surface area contributed by atoms with Gasteiger partial charge in [0.2, 0.25) is 5.91 Å². The molecule has 96 valence electrons. The zero-order chi connectivity index (χ0) is 13.2. The molecule has 0 spiro atoms. The van der Waals surface area contributed by atoms with Gasteiger partial charge in [0.15, 0.2) is 0 Å². The van der Waals surface area contributed by atoms with E-state index in [0.29, 0.717) is 12.3 Å². The van der Waals surface area contributed by atoms with Crippen LogP contribution in [0.15, 0.2) is 54.6 Å². The highest BCUT2D eigenvalue weighted by atomic mass is 16.2. The number of likely N-dealkylation sites (tertiary alicyclic amines) is 1. The molecule has 1 unspecified atom stereocenters. The van der Waals surface area contributed by atoms with Crippen molar-refractivity contribution >= 4 is 5.91 Å². The molecule has 1 fully saturated rings. The van der Waals surface area contributed by atoms with E-state index in [4.69, 9.17) is 0 Å². The van der Waals surface area contributed by atoms with Crippen LogP contribution in [-0.4, -0.2) is 24.4 Å². The van der Waals surface area contributed by atoms with Crippen molar-refractivity contribution < 1.29 is 4.79 Å². The Kier molecular flexibility index (Phi) is 3.08. The summed E-state index contributed by atoms with van der Waals surface area (Å²) in [6, 6.07) is 18.9. The van der Waals surface area contributed by atoms with Gasteiger partial charge in [0.25, 0.3) is 0 Å². The smallest absolute Gasteiger partial charge is 0.223 e. The molecular formula is C17H17NO. The van der Waals surface area contributed by atoms with E-state index in [1.807, 2.05) is 30.1 Å². The van der Waals surface area contributed by atoms with E-state index in [9.17, 15) is 4.79 Å². The second-order valence-corrected chi connectivity index (χ2v) is 5.16. The molecule has 2 nitrogen and oxygen atoms in total. The van der Waals surface area contributed by atoms with Gasteiger partial charge in [-0.05, 0) is 16.7 Å². The number of hydrogen-bond donors (Lipinski definition) is 0. The van der Waals surface area contributed by atoms with Crippen molar-refractivity contribution in [2.24, 2.45) is 0 Å². The average molecular weight is 251 g/mol. The van der Waals surface area contributed by atoms with E-state index in [2.05, 4.69) is 36.4 Å². The highest BCUT2D eigenvalue weighted by molar-refractivity contribution is 5.79. The minimum absolute atomic E-state index is 0.247. The fraction of sp³-hybridized carbons (Fsp3) is 0.235. The van der Waals surface area contributed by atoms with Crippen molar-refractivity contribution in [3.8, 4) is 11.1 Å². The lowest BCUT2D eigenvalue weighted by atomic mass is 9.95. The third-order valence-corrected chi connectivity index (χ3v) is 3.83. The standard InChI is InChI=1S/C17H17NO/c1-18-12-16(11-17(18)19)15-9-7-14(8-10-15)13-5-3-2-4-6-13/h2-10,16H,11-12H2,1H3. The van der Waals surface area contributed by atoms with Crippen LogP contribution in [0.4, 0.5) is 0 Å². The highest BCUT2D eigenvalue weighted by Gasteiger charge is 2.27. The number of carbonyl (C=O) groups is 1. The summed E-state index contributed by atoms with van der Waals surface area (Å²) >= 11 is 0. The molecule has 1 amide bonds. The van der Waals surface area contributed by atoms with Crippen molar-refractivity contribution in [2.45, 2.75) is 12.3 Å². The predicted octanol–water partition coefficient (Wildman–Crippen LogP) is 3.30. The van der Waals surface area contributed by atoms with Crippen molar-refractivity contribution in [3.63, 3.8) is 0 Å². The Morgan fingerprint density at radius 1 is 0.947 bits per heavy atom. The molecule has 1 aliphatic heterocycles. The number of rotatable bonds is 2. The van der Waals surface area contributed by atoms with Crippen molar-refractivity contribution in [2.75, 3.05) is 13.6 Å². The third-order valence-electron chi connectivity index (χ3n) is 3.83. The average Bonchev–Trinajstić information content (AvgIpc) is 2.80. The summed E-state index contributed by atoms with van der Waals surface area (Å²) in [5, 5.41) is 0. The summed E-state index contributed by atoms with van der Waals surface area (Å²) in [5.41, 5.74) is 3.72. The second kappa shape index (κ2) is 4.88. The fourth-order valence-electron chi connectivity index (χ4n) is 2.67. The van der Waals surface area contributed by atoms with E-state index >= 15 is 0 Å². The molecule has 0 aromatic heterocycles. The molecule has 1 heterocycles. The molecule has 3 rings (SSSR count). The van der Waals surface area contributed by atoms with Crippen LogP contribution in [-0.2, 0) is 4.79 Å². The molecule has 2 aromatic carbocycles. The molecular weight excluding hydrogens is 234 g/mol. The molecule has 0 aliphatic carbocycles. The second-order valence-electron chi connectivity index (χ2n) is 5.16. The van der Waals surface area contributed by atoms with Crippen LogP contribution in [0.5, 0.6) is 0 Å². The summed E-state index contributed by atoms with van der Waals surface area (Å²) in [7, 11) is 1.88.